The molecule has 0 unspecified atom stereocenters. The lowest BCUT2D eigenvalue weighted by atomic mass is 10.1. The van der Waals surface area contributed by atoms with Gasteiger partial charge < -0.3 is 10.4 Å². The highest BCUT2D eigenvalue weighted by atomic mass is 35.5. The van der Waals surface area contributed by atoms with Crippen LogP contribution in [-0.4, -0.2) is 26.8 Å². The minimum Gasteiger partial charge on any atom is -0.480 e. The number of nitrogens with one attached hydrogen (secondary N) is 1. The highest BCUT2D eigenvalue weighted by molar-refractivity contribution is 6.30. The van der Waals surface area contributed by atoms with Crippen LogP contribution in [0.4, 0.5) is 5.69 Å². The molecule has 0 bridgehead atoms. The predicted octanol–water partition coefficient (Wildman–Crippen LogP) is 1.80. The number of carboxylic acid groups (broad SMARTS) is 1. The van der Waals surface area contributed by atoms with E-state index in [0.29, 0.717) is 10.7 Å². The Bertz CT molecular complexity index is 639. The van der Waals surface area contributed by atoms with Crippen LogP contribution in [0.1, 0.15) is 5.56 Å². The number of amides is 1. The summed E-state index contributed by atoms with van der Waals surface area (Å²) in [5, 5.41) is 15.7. The molecule has 20 heavy (non-hydrogen) atoms. The molecular weight excluding hydrogens is 282 g/mol. The molecule has 0 saturated carbocycles. The second kappa shape index (κ2) is 6.21. The predicted molar refractivity (Wildman–Crippen MR) is 73.6 cm³/mol. The fourth-order valence-corrected chi connectivity index (χ4v) is 1.90. The van der Waals surface area contributed by atoms with Gasteiger partial charge in [-0.15, -0.1) is 0 Å². The Morgan fingerprint density at radius 3 is 2.90 bits per heavy atom. The number of carboxylic acids is 1. The van der Waals surface area contributed by atoms with E-state index in [2.05, 4.69) is 10.4 Å². The Morgan fingerprint density at radius 2 is 2.20 bits per heavy atom. The second-order valence-electron chi connectivity index (χ2n) is 4.18. The number of halogens is 1. The van der Waals surface area contributed by atoms with Crippen LogP contribution < -0.4 is 5.32 Å². The van der Waals surface area contributed by atoms with Crippen LogP contribution in [0.2, 0.25) is 5.02 Å². The van der Waals surface area contributed by atoms with Gasteiger partial charge in [0, 0.05) is 11.2 Å². The van der Waals surface area contributed by atoms with Gasteiger partial charge in [-0.05, 0) is 17.7 Å². The maximum absolute atomic E-state index is 11.8. The zero-order chi connectivity index (χ0) is 14.5. The molecule has 2 aromatic rings. The van der Waals surface area contributed by atoms with Gasteiger partial charge >= 0.3 is 5.97 Å². The molecule has 104 valence electrons. The third kappa shape index (κ3) is 4.10. The van der Waals surface area contributed by atoms with E-state index in [1.54, 1.807) is 24.3 Å². The number of hydrogen-bond donors (Lipinski definition) is 2. The summed E-state index contributed by atoms with van der Waals surface area (Å²) >= 11 is 5.84. The van der Waals surface area contributed by atoms with Crippen molar-refractivity contribution in [3.05, 3.63) is 47.2 Å². The van der Waals surface area contributed by atoms with Crippen molar-refractivity contribution in [1.82, 2.24) is 9.78 Å². The minimum atomic E-state index is -0.995. The second-order valence-corrected chi connectivity index (χ2v) is 4.61. The largest absolute Gasteiger partial charge is 0.480 e. The van der Waals surface area contributed by atoms with Crippen molar-refractivity contribution in [3.63, 3.8) is 0 Å². The van der Waals surface area contributed by atoms with Crippen LogP contribution in [0.5, 0.6) is 0 Å². The molecule has 1 aromatic carbocycles. The average Bonchev–Trinajstić information content (AvgIpc) is 2.75. The van der Waals surface area contributed by atoms with Crippen LogP contribution in [0.3, 0.4) is 0 Å². The molecule has 1 heterocycles. The molecule has 0 atom stereocenters. The summed E-state index contributed by atoms with van der Waals surface area (Å²) < 4.78 is 1.23. The van der Waals surface area contributed by atoms with Crippen LogP contribution in [-0.2, 0) is 22.6 Å². The molecule has 2 rings (SSSR count). The Morgan fingerprint density at radius 1 is 1.40 bits per heavy atom. The fraction of sp³-hybridized carbons (Fsp3) is 0.154. The number of nitrogens with zero attached hydrogens (tertiary/aromatic N) is 2. The van der Waals surface area contributed by atoms with Crippen molar-refractivity contribution >= 4 is 29.2 Å². The molecule has 0 aliphatic heterocycles. The van der Waals surface area contributed by atoms with Crippen LogP contribution in [0, 0.1) is 0 Å². The van der Waals surface area contributed by atoms with E-state index in [9.17, 15) is 9.59 Å². The molecule has 1 aromatic heterocycles. The summed E-state index contributed by atoms with van der Waals surface area (Å²) in [7, 11) is 0. The number of carbonyl (C=O) groups is 2. The Hall–Kier alpha value is -2.34. The molecular formula is C13H12ClN3O3. The van der Waals surface area contributed by atoms with Gasteiger partial charge in [0.25, 0.3) is 0 Å². The fourth-order valence-electron chi connectivity index (χ4n) is 1.69. The average molecular weight is 294 g/mol. The number of aromatic nitrogens is 2. The first-order valence-electron chi connectivity index (χ1n) is 5.81. The number of rotatable bonds is 5. The van der Waals surface area contributed by atoms with Gasteiger partial charge in [0.1, 0.15) is 6.54 Å². The van der Waals surface area contributed by atoms with Crippen molar-refractivity contribution in [2.45, 2.75) is 13.0 Å². The first-order chi connectivity index (χ1) is 9.52. The summed E-state index contributed by atoms with van der Waals surface area (Å²) in [6, 6.07) is 7.03. The third-order valence-electron chi connectivity index (χ3n) is 2.47. The van der Waals surface area contributed by atoms with Crippen molar-refractivity contribution in [2.24, 2.45) is 0 Å². The summed E-state index contributed by atoms with van der Waals surface area (Å²) in [5.74, 6) is -1.22. The monoisotopic (exact) mass is 293 g/mol. The summed E-state index contributed by atoms with van der Waals surface area (Å²) in [6.45, 7) is -0.246. The van der Waals surface area contributed by atoms with Crippen molar-refractivity contribution in [2.75, 3.05) is 5.32 Å². The van der Waals surface area contributed by atoms with E-state index in [0.717, 1.165) is 5.56 Å². The number of aliphatic carboxylic acids is 1. The Labute approximate surface area is 120 Å². The van der Waals surface area contributed by atoms with Gasteiger partial charge in [-0.2, -0.15) is 5.10 Å². The van der Waals surface area contributed by atoms with Gasteiger partial charge in [0.05, 0.1) is 18.3 Å². The summed E-state index contributed by atoms with van der Waals surface area (Å²) in [5.41, 5.74) is 1.26. The van der Waals surface area contributed by atoms with Crippen LogP contribution in [0.25, 0.3) is 0 Å². The zero-order valence-corrected chi connectivity index (χ0v) is 11.2. The molecule has 1 amide bonds. The Balaban J connectivity index is 1.94. The highest BCUT2D eigenvalue weighted by Crippen LogP contribution is 2.12. The minimum absolute atomic E-state index is 0.185. The number of hydrogen-bond acceptors (Lipinski definition) is 3. The molecule has 0 fully saturated rings. The Kier molecular flexibility index (Phi) is 4.37. The maximum atomic E-state index is 11.8. The lowest BCUT2D eigenvalue weighted by Gasteiger charge is -2.03. The molecule has 0 aliphatic rings. The van der Waals surface area contributed by atoms with Gasteiger partial charge in [0.15, 0.2) is 0 Å². The lowest BCUT2D eigenvalue weighted by molar-refractivity contribution is -0.137. The topological polar surface area (TPSA) is 84.2 Å². The molecule has 6 nitrogen and oxygen atoms in total. The number of anilines is 1. The molecule has 7 heteroatoms. The SMILES string of the molecule is O=C(O)Cn1cc(NC(=O)Cc2cccc(Cl)c2)cn1. The molecule has 0 saturated heterocycles. The molecule has 2 N–H and O–H groups in total. The van der Waals surface area contributed by atoms with Crippen molar-refractivity contribution < 1.29 is 14.7 Å². The first-order valence-corrected chi connectivity index (χ1v) is 6.19. The molecule has 0 radical (unpaired) electrons. The highest BCUT2D eigenvalue weighted by Gasteiger charge is 2.07. The van der Waals surface area contributed by atoms with E-state index in [1.807, 2.05) is 0 Å². The molecule has 0 aliphatic carbocycles. The van der Waals surface area contributed by atoms with Gasteiger partial charge in [-0.25, -0.2) is 0 Å². The summed E-state index contributed by atoms with van der Waals surface area (Å²) in [6.07, 6.45) is 3.05. The van der Waals surface area contributed by atoms with E-state index < -0.39 is 5.97 Å². The lowest BCUT2D eigenvalue weighted by Crippen LogP contribution is -2.14. The zero-order valence-electron chi connectivity index (χ0n) is 10.4. The standard InChI is InChI=1S/C13H12ClN3O3/c14-10-3-1-2-9(4-10)5-12(18)16-11-6-15-17(7-11)8-13(19)20/h1-4,6-7H,5,8H2,(H,16,18)(H,19,20). The maximum Gasteiger partial charge on any atom is 0.325 e. The van der Waals surface area contributed by atoms with Crippen molar-refractivity contribution in [1.29, 1.82) is 0 Å². The van der Waals surface area contributed by atoms with Gasteiger partial charge in [-0.3, -0.25) is 14.3 Å². The van der Waals surface area contributed by atoms with Gasteiger partial charge in [-0.1, -0.05) is 23.7 Å². The van der Waals surface area contributed by atoms with Crippen LogP contribution in [0.15, 0.2) is 36.7 Å². The smallest absolute Gasteiger partial charge is 0.325 e. The number of benzene rings is 1. The van der Waals surface area contributed by atoms with Crippen LogP contribution >= 0.6 is 11.6 Å². The first kappa shape index (κ1) is 14.1. The van der Waals surface area contributed by atoms with E-state index >= 15 is 0 Å². The molecule has 0 spiro atoms. The van der Waals surface area contributed by atoms with E-state index in [4.69, 9.17) is 16.7 Å². The van der Waals surface area contributed by atoms with Crippen molar-refractivity contribution in [3.8, 4) is 0 Å². The number of carbonyl (C=O) groups excluding carboxylic acids is 1. The van der Waals surface area contributed by atoms with Gasteiger partial charge in [0.2, 0.25) is 5.91 Å². The van der Waals surface area contributed by atoms with E-state index in [1.165, 1.54) is 17.1 Å². The summed E-state index contributed by atoms with van der Waals surface area (Å²) in [4.78, 5) is 22.3. The quantitative estimate of drug-likeness (QED) is 0.880. The normalized spacial score (nSPS) is 10.2. The van der Waals surface area contributed by atoms with E-state index in [-0.39, 0.29) is 18.9 Å². The third-order valence-corrected chi connectivity index (χ3v) is 2.70.